The smallest absolute Gasteiger partial charge is 0.328 e. The molecule has 6 nitrogen and oxygen atoms in total. The van der Waals surface area contributed by atoms with Crippen LogP contribution in [0.4, 0.5) is 0 Å². The van der Waals surface area contributed by atoms with E-state index in [1.807, 2.05) is 13.8 Å². The predicted octanol–water partition coefficient (Wildman–Crippen LogP) is 3.83. The van der Waals surface area contributed by atoms with Crippen LogP contribution in [0.5, 0.6) is 0 Å². The molecule has 0 aliphatic carbocycles. The fourth-order valence-electron chi connectivity index (χ4n) is 0.753. The van der Waals surface area contributed by atoms with E-state index in [2.05, 4.69) is 0 Å². The van der Waals surface area contributed by atoms with Crippen molar-refractivity contribution < 1.29 is 27.9 Å². The summed E-state index contributed by atoms with van der Waals surface area (Å²) in [6, 6.07) is 0. The van der Waals surface area contributed by atoms with Crippen LogP contribution in [0, 0.1) is 0 Å². The molecule has 0 radical (unpaired) electrons. The maximum absolute atomic E-state index is 9.44. The molecular formula is C9H20Cl2O6P2. The highest BCUT2D eigenvalue weighted by Crippen LogP contribution is 2.40. The second kappa shape index (κ2) is 11.8. The summed E-state index contributed by atoms with van der Waals surface area (Å²) in [5.74, 6) is 0. The summed E-state index contributed by atoms with van der Waals surface area (Å²) in [5.41, 5.74) is -1.18. The second-order valence-corrected chi connectivity index (χ2v) is 6.35. The van der Waals surface area contributed by atoms with Crippen LogP contribution in [-0.4, -0.2) is 33.6 Å². The van der Waals surface area contributed by atoms with Crippen molar-refractivity contribution >= 4 is 40.4 Å². The summed E-state index contributed by atoms with van der Waals surface area (Å²) in [6.07, 6.45) is 0.632. The molecule has 0 aromatic heterocycles. The fourth-order valence-corrected chi connectivity index (χ4v) is 2.67. The zero-order valence-electron chi connectivity index (χ0n) is 11.0. The molecule has 0 aromatic carbocycles. The molecule has 19 heavy (non-hydrogen) atoms. The minimum atomic E-state index is -2.07. The molecule has 0 aromatic rings. The molecule has 5 atom stereocenters. The van der Waals surface area contributed by atoms with Gasteiger partial charge in [0, 0.05) is 0 Å². The fraction of sp³-hybridized carbons (Fsp3) is 1.00. The number of rotatable bonds is 11. The Kier molecular flexibility index (Phi) is 12.6. The van der Waals surface area contributed by atoms with E-state index in [1.54, 1.807) is 6.92 Å². The first-order valence-corrected chi connectivity index (χ1v) is 8.91. The van der Waals surface area contributed by atoms with E-state index in [-0.39, 0.29) is 6.61 Å². The third-order valence-corrected chi connectivity index (χ3v) is 4.56. The molecule has 0 amide bonds. The highest BCUT2D eigenvalue weighted by atomic mass is 35.5. The van der Waals surface area contributed by atoms with Crippen LogP contribution in [0.2, 0.25) is 0 Å². The second-order valence-electron chi connectivity index (χ2n) is 3.53. The SMILES string of the molecule is CCC(Cl)OP(O)OCC(C)OP(O)OC(Cl)CC. The topological polar surface area (TPSA) is 77.4 Å². The monoisotopic (exact) mass is 356 g/mol. The van der Waals surface area contributed by atoms with Gasteiger partial charge in [0.25, 0.3) is 0 Å². The Labute approximate surface area is 126 Å². The van der Waals surface area contributed by atoms with Crippen LogP contribution < -0.4 is 0 Å². The van der Waals surface area contributed by atoms with E-state index in [0.29, 0.717) is 12.8 Å². The predicted molar refractivity (Wildman–Crippen MR) is 76.8 cm³/mol. The minimum Gasteiger partial charge on any atom is -0.328 e. The van der Waals surface area contributed by atoms with Gasteiger partial charge in [0.2, 0.25) is 0 Å². The van der Waals surface area contributed by atoms with E-state index in [1.165, 1.54) is 0 Å². The van der Waals surface area contributed by atoms with Gasteiger partial charge in [0.05, 0.1) is 12.7 Å². The van der Waals surface area contributed by atoms with Crippen LogP contribution in [0.1, 0.15) is 33.6 Å². The summed E-state index contributed by atoms with van der Waals surface area (Å²) in [4.78, 5) is 18.8. The lowest BCUT2D eigenvalue weighted by Crippen LogP contribution is -2.14. The van der Waals surface area contributed by atoms with Gasteiger partial charge in [-0.3, -0.25) is 9.05 Å². The average Bonchev–Trinajstić information content (AvgIpc) is 2.35. The van der Waals surface area contributed by atoms with Crippen molar-refractivity contribution in [1.29, 1.82) is 0 Å². The van der Waals surface area contributed by atoms with E-state index in [9.17, 15) is 9.79 Å². The van der Waals surface area contributed by atoms with Crippen LogP contribution in [-0.2, 0) is 18.1 Å². The van der Waals surface area contributed by atoms with Gasteiger partial charge in [0.15, 0.2) is 0 Å². The summed E-state index contributed by atoms with van der Waals surface area (Å²) < 4.78 is 20.0. The lowest BCUT2D eigenvalue weighted by Gasteiger charge is -2.19. The number of halogens is 2. The summed E-state index contributed by atoms with van der Waals surface area (Å²) >= 11 is 11.4. The van der Waals surface area contributed by atoms with Crippen molar-refractivity contribution in [1.82, 2.24) is 0 Å². The Balaban J connectivity index is 3.76. The Morgan fingerprint density at radius 1 is 0.947 bits per heavy atom. The largest absolute Gasteiger partial charge is 0.331 e. The Bertz CT molecular complexity index is 229. The highest BCUT2D eigenvalue weighted by molar-refractivity contribution is 7.41. The minimum absolute atomic E-state index is 0.0390. The van der Waals surface area contributed by atoms with Gasteiger partial charge < -0.3 is 18.8 Å². The third-order valence-electron chi connectivity index (χ3n) is 1.74. The normalized spacial score (nSPS) is 19.7. The first-order valence-electron chi connectivity index (χ1n) is 5.78. The molecule has 116 valence electrons. The maximum atomic E-state index is 9.44. The summed E-state index contributed by atoms with van der Waals surface area (Å²) in [7, 11) is -4.13. The van der Waals surface area contributed by atoms with Crippen LogP contribution in [0.3, 0.4) is 0 Å². The quantitative estimate of drug-likeness (QED) is 0.432. The van der Waals surface area contributed by atoms with Crippen molar-refractivity contribution in [3.05, 3.63) is 0 Å². The highest BCUT2D eigenvalue weighted by Gasteiger charge is 2.19. The van der Waals surface area contributed by atoms with E-state index < -0.39 is 34.4 Å². The first kappa shape index (κ1) is 20.2. The average molecular weight is 357 g/mol. The lowest BCUT2D eigenvalue weighted by atomic mass is 10.5. The number of alkyl halides is 2. The molecule has 2 N–H and O–H groups in total. The van der Waals surface area contributed by atoms with Crippen LogP contribution >= 0.6 is 40.4 Å². The van der Waals surface area contributed by atoms with Gasteiger partial charge >= 0.3 is 17.2 Å². The lowest BCUT2D eigenvalue weighted by molar-refractivity contribution is 0.0900. The standard InChI is InChI=1S/C9H20Cl2O6P2/c1-4-8(10)16-18(12)14-6-7(3)15-19(13)17-9(11)5-2/h7-9,12-13H,4-6H2,1-3H3. The van der Waals surface area contributed by atoms with E-state index in [0.717, 1.165) is 0 Å². The van der Waals surface area contributed by atoms with Crippen LogP contribution in [0.15, 0.2) is 0 Å². The van der Waals surface area contributed by atoms with Gasteiger partial charge in [-0.25, -0.2) is 0 Å². The van der Waals surface area contributed by atoms with Crippen molar-refractivity contribution in [2.75, 3.05) is 6.61 Å². The molecule has 0 aliphatic rings. The van der Waals surface area contributed by atoms with Gasteiger partial charge in [-0.2, -0.15) is 0 Å². The zero-order chi connectivity index (χ0) is 14.8. The molecule has 5 unspecified atom stereocenters. The zero-order valence-corrected chi connectivity index (χ0v) is 14.3. The molecule has 0 fully saturated rings. The molecule has 0 spiro atoms. The van der Waals surface area contributed by atoms with Gasteiger partial charge in [-0.15, -0.1) is 0 Å². The molecule has 0 saturated carbocycles. The summed E-state index contributed by atoms with van der Waals surface area (Å²) in [5, 5.41) is 0. The van der Waals surface area contributed by atoms with Gasteiger partial charge in [-0.05, 0) is 19.8 Å². The molecule has 0 rings (SSSR count). The Hall–Kier alpha value is 1.20. The number of hydrogen-bond donors (Lipinski definition) is 2. The molecular weight excluding hydrogens is 337 g/mol. The van der Waals surface area contributed by atoms with Crippen molar-refractivity contribution in [2.24, 2.45) is 0 Å². The van der Waals surface area contributed by atoms with Gasteiger partial charge in [-0.1, -0.05) is 37.0 Å². The van der Waals surface area contributed by atoms with Crippen LogP contribution in [0.25, 0.3) is 0 Å². The van der Waals surface area contributed by atoms with Crippen molar-refractivity contribution in [3.63, 3.8) is 0 Å². The van der Waals surface area contributed by atoms with E-state index >= 15 is 0 Å². The molecule has 0 bridgehead atoms. The summed E-state index contributed by atoms with van der Waals surface area (Å²) in [6.45, 7) is 5.34. The third kappa shape index (κ3) is 11.5. The van der Waals surface area contributed by atoms with E-state index in [4.69, 9.17) is 41.3 Å². The number of hydrogen-bond acceptors (Lipinski definition) is 6. The Morgan fingerprint density at radius 2 is 1.42 bits per heavy atom. The Morgan fingerprint density at radius 3 is 1.89 bits per heavy atom. The van der Waals surface area contributed by atoms with Crippen molar-refractivity contribution in [2.45, 2.75) is 50.8 Å². The molecule has 0 heterocycles. The molecule has 0 aliphatic heterocycles. The molecule has 0 saturated heterocycles. The van der Waals surface area contributed by atoms with Gasteiger partial charge in [0.1, 0.15) is 11.1 Å². The van der Waals surface area contributed by atoms with Crippen molar-refractivity contribution in [3.8, 4) is 0 Å². The first-order chi connectivity index (χ1) is 8.88. The molecule has 10 heteroatoms. The maximum Gasteiger partial charge on any atom is 0.331 e.